The molecule has 0 aromatic heterocycles. The molecular formula is C29H33N3O3S2. The largest absolute Gasteiger partial charge is 0.340 e. The van der Waals surface area contributed by atoms with Crippen LogP contribution >= 0.6 is 11.8 Å². The van der Waals surface area contributed by atoms with Crippen molar-refractivity contribution in [1.82, 2.24) is 9.21 Å². The lowest BCUT2D eigenvalue weighted by Gasteiger charge is -2.36. The lowest BCUT2D eigenvalue weighted by atomic mass is 9.99. The first-order chi connectivity index (χ1) is 17.9. The molecule has 6 nitrogen and oxygen atoms in total. The number of fused-ring (bicyclic) bond motifs is 2. The van der Waals surface area contributed by atoms with Gasteiger partial charge in [0.1, 0.15) is 0 Å². The fourth-order valence-corrected chi connectivity index (χ4v) is 7.44. The molecule has 8 heteroatoms. The average molecular weight is 536 g/mol. The molecule has 194 valence electrons. The van der Waals surface area contributed by atoms with E-state index in [1.807, 2.05) is 36.4 Å². The minimum absolute atomic E-state index is 0.0585. The van der Waals surface area contributed by atoms with Crippen LogP contribution in [0.15, 0.2) is 87.5 Å². The molecule has 3 aromatic rings. The van der Waals surface area contributed by atoms with Crippen molar-refractivity contribution >= 4 is 39.1 Å². The van der Waals surface area contributed by atoms with Gasteiger partial charge in [-0.15, -0.1) is 0 Å². The van der Waals surface area contributed by atoms with Gasteiger partial charge in [0.2, 0.25) is 15.9 Å². The van der Waals surface area contributed by atoms with E-state index in [1.165, 1.54) is 14.1 Å². The van der Waals surface area contributed by atoms with Crippen LogP contribution in [0.25, 0.3) is 0 Å². The number of anilines is 2. The maximum absolute atomic E-state index is 13.2. The third-order valence-electron chi connectivity index (χ3n) is 7.37. The van der Waals surface area contributed by atoms with Gasteiger partial charge in [-0.2, -0.15) is 4.31 Å². The van der Waals surface area contributed by atoms with E-state index >= 15 is 0 Å². The maximum Gasteiger partial charge on any atom is 0.243 e. The maximum atomic E-state index is 13.2. The second kappa shape index (κ2) is 10.9. The van der Waals surface area contributed by atoms with Gasteiger partial charge in [-0.1, -0.05) is 62.0 Å². The van der Waals surface area contributed by atoms with E-state index in [0.29, 0.717) is 50.0 Å². The first kappa shape index (κ1) is 25.8. The third kappa shape index (κ3) is 5.28. The van der Waals surface area contributed by atoms with Gasteiger partial charge in [-0.3, -0.25) is 4.79 Å². The number of benzene rings is 3. The van der Waals surface area contributed by atoms with E-state index < -0.39 is 10.0 Å². The van der Waals surface area contributed by atoms with Crippen LogP contribution in [0.3, 0.4) is 0 Å². The molecule has 0 N–H and O–H groups in total. The molecule has 0 spiro atoms. The molecule has 0 bridgehead atoms. The Balaban J connectivity index is 1.21. The van der Waals surface area contributed by atoms with Crippen molar-refractivity contribution in [2.75, 3.05) is 37.6 Å². The topological polar surface area (TPSA) is 60.9 Å². The Bertz CT molecular complexity index is 1320. The quantitative estimate of drug-likeness (QED) is 0.387. The zero-order valence-electron chi connectivity index (χ0n) is 21.3. The number of rotatable bonds is 7. The van der Waals surface area contributed by atoms with Crippen molar-refractivity contribution in [2.24, 2.45) is 0 Å². The Morgan fingerprint density at radius 3 is 2.00 bits per heavy atom. The van der Waals surface area contributed by atoms with E-state index in [1.54, 1.807) is 28.8 Å². The van der Waals surface area contributed by atoms with Gasteiger partial charge in [-0.25, -0.2) is 8.42 Å². The SMILES string of the molecule is CC[C@@H](C)c1ccc(S(=O)(=O)N2CCN(C(=O)CCN3c4ccccc4Sc4ccccc43)CC2)cc1. The smallest absolute Gasteiger partial charge is 0.243 e. The molecular weight excluding hydrogens is 502 g/mol. The summed E-state index contributed by atoms with van der Waals surface area (Å²) in [4.78, 5) is 19.9. The first-order valence-corrected chi connectivity index (χ1v) is 15.2. The highest BCUT2D eigenvalue weighted by Gasteiger charge is 2.31. The number of para-hydroxylation sites is 2. The highest BCUT2D eigenvalue weighted by molar-refractivity contribution is 7.99. The minimum atomic E-state index is -3.57. The van der Waals surface area contributed by atoms with Crippen LogP contribution in [0.1, 0.15) is 38.2 Å². The Morgan fingerprint density at radius 1 is 0.865 bits per heavy atom. The molecule has 1 atom stereocenters. The number of piperazine rings is 1. The number of hydrogen-bond acceptors (Lipinski definition) is 5. The summed E-state index contributed by atoms with van der Waals surface area (Å²) in [5.41, 5.74) is 3.39. The van der Waals surface area contributed by atoms with E-state index in [9.17, 15) is 13.2 Å². The predicted molar refractivity (Wildman–Crippen MR) is 149 cm³/mol. The Hall–Kier alpha value is -2.81. The van der Waals surface area contributed by atoms with Gasteiger partial charge in [-0.05, 0) is 54.3 Å². The lowest BCUT2D eigenvalue weighted by molar-refractivity contribution is -0.132. The average Bonchev–Trinajstić information content (AvgIpc) is 2.94. The van der Waals surface area contributed by atoms with Crippen molar-refractivity contribution in [1.29, 1.82) is 0 Å². The molecule has 1 fully saturated rings. The van der Waals surface area contributed by atoms with Gasteiger partial charge in [0.05, 0.1) is 16.3 Å². The highest BCUT2D eigenvalue weighted by Crippen LogP contribution is 2.47. The van der Waals surface area contributed by atoms with Crippen LogP contribution in [0.4, 0.5) is 11.4 Å². The van der Waals surface area contributed by atoms with Gasteiger partial charge >= 0.3 is 0 Å². The van der Waals surface area contributed by atoms with E-state index in [0.717, 1.165) is 23.4 Å². The van der Waals surface area contributed by atoms with E-state index in [2.05, 4.69) is 43.0 Å². The lowest BCUT2D eigenvalue weighted by Crippen LogP contribution is -2.50. The van der Waals surface area contributed by atoms with Crippen LogP contribution < -0.4 is 4.90 Å². The molecule has 0 saturated carbocycles. The van der Waals surface area contributed by atoms with E-state index in [4.69, 9.17) is 0 Å². The fourth-order valence-electron chi connectivity index (χ4n) is 4.92. The molecule has 1 saturated heterocycles. The standard InChI is InChI=1S/C29H33N3O3S2/c1-3-22(2)23-12-14-24(15-13-23)37(34,35)31-20-18-30(19-21-31)29(33)16-17-32-25-8-4-6-10-27(25)36-28-11-7-5-9-26(28)32/h4-15,22H,3,16-21H2,1-2H3/t22-/m1/s1. The summed E-state index contributed by atoms with van der Waals surface area (Å²) < 4.78 is 27.9. The van der Waals surface area contributed by atoms with Gasteiger partial charge in [0, 0.05) is 48.9 Å². The number of hydrogen-bond donors (Lipinski definition) is 0. The normalized spacial score (nSPS) is 16.7. The van der Waals surface area contributed by atoms with Crippen LogP contribution in [0.2, 0.25) is 0 Å². The molecule has 1 amide bonds. The molecule has 37 heavy (non-hydrogen) atoms. The highest BCUT2D eigenvalue weighted by atomic mass is 32.2. The third-order valence-corrected chi connectivity index (χ3v) is 10.4. The zero-order chi connectivity index (χ0) is 26.0. The summed E-state index contributed by atoms with van der Waals surface area (Å²) in [5.74, 6) is 0.458. The predicted octanol–water partition coefficient (Wildman–Crippen LogP) is 5.73. The minimum Gasteiger partial charge on any atom is -0.340 e. The molecule has 2 aliphatic rings. The van der Waals surface area contributed by atoms with Crippen molar-refractivity contribution in [2.45, 2.75) is 47.3 Å². The molecule has 2 aliphatic heterocycles. The molecule has 0 unspecified atom stereocenters. The van der Waals surface area contributed by atoms with Crippen LogP contribution in [-0.2, 0) is 14.8 Å². The number of carbonyl (C=O) groups is 1. The van der Waals surface area contributed by atoms with Crippen molar-refractivity contribution in [3.63, 3.8) is 0 Å². The summed E-state index contributed by atoms with van der Waals surface area (Å²) >= 11 is 1.75. The Kier molecular flexibility index (Phi) is 7.60. The molecule has 2 heterocycles. The molecule has 3 aromatic carbocycles. The van der Waals surface area contributed by atoms with Gasteiger partial charge in [0.25, 0.3) is 0 Å². The van der Waals surface area contributed by atoms with Crippen LogP contribution in [-0.4, -0.2) is 56.3 Å². The monoisotopic (exact) mass is 535 g/mol. The number of nitrogens with zero attached hydrogens (tertiary/aromatic N) is 3. The first-order valence-electron chi connectivity index (χ1n) is 12.9. The molecule has 0 radical (unpaired) electrons. The fraction of sp³-hybridized carbons (Fsp3) is 0.345. The summed E-state index contributed by atoms with van der Waals surface area (Å²) in [6.07, 6.45) is 1.38. The molecule has 0 aliphatic carbocycles. The van der Waals surface area contributed by atoms with Gasteiger partial charge in [0.15, 0.2) is 0 Å². The second-order valence-corrected chi connectivity index (χ2v) is 12.6. The van der Waals surface area contributed by atoms with Crippen LogP contribution in [0.5, 0.6) is 0 Å². The van der Waals surface area contributed by atoms with Crippen molar-refractivity contribution < 1.29 is 13.2 Å². The number of carbonyl (C=O) groups excluding carboxylic acids is 1. The number of amides is 1. The summed E-state index contributed by atoms with van der Waals surface area (Å²) in [6.45, 7) is 6.29. The zero-order valence-corrected chi connectivity index (χ0v) is 23.0. The molecule has 5 rings (SSSR count). The Labute approximate surface area is 224 Å². The van der Waals surface area contributed by atoms with Crippen molar-refractivity contribution in [3.8, 4) is 0 Å². The summed E-state index contributed by atoms with van der Waals surface area (Å²) in [7, 11) is -3.57. The van der Waals surface area contributed by atoms with E-state index in [-0.39, 0.29) is 5.91 Å². The van der Waals surface area contributed by atoms with Crippen LogP contribution in [0, 0.1) is 0 Å². The Morgan fingerprint density at radius 2 is 1.43 bits per heavy atom. The number of sulfonamides is 1. The van der Waals surface area contributed by atoms with Gasteiger partial charge < -0.3 is 9.80 Å². The van der Waals surface area contributed by atoms with Crippen molar-refractivity contribution in [3.05, 3.63) is 78.4 Å². The second-order valence-electron chi connectivity index (χ2n) is 9.60. The summed E-state index contributed by atoms with van der Waals surface area (Å²) in [5, 5.41) is 0. The summed E-state index contributed by atoms with van der Waals surface area (Å²) in [6, 6.07) is 23.8.